The minimum absolute atomic E-state index is 0.235. The van der Waals surface area contributed by atoms with Crippen LogP contribution in [0.4, 0.5) is 0 Å². The zero-order valence-electron chi connectivity index (χ0n) is 11.8. The number of rotatable bonds is 8. The Balaban J connectivity index is 1.78. The van der Waals surface area contributed by atoms with Gasteiger partial charge in [0.25, 0.3) is 0 Å². The third kappa shape index (κ3) is 4.08. The number of fused-ring (bicyclic) bond motifs is 1. The second kappa shape index (κ2) is 7.31. The van der Waals surface area contributed by atoms with Gasteiger partial charge in [-0.15, -0.1) is 0 Å². The molecule has 2 rings (SSSR count). The van der Waals surface area contributed by atoms with Crippen LogP contribution in [0.3, 0.4) is 0 Å². The topological polar surface area (TPSA) is 34.4 Å². The van der Waals surface area contributed by atoms with Crippen molar-refractivity contribution in [3.05, 3.63) is 36.1 Å². The molecule has 2 aromatic rings. The summed E-state index contributed by atoms with van der Waals surface area (Å²) in [6.07, 6.45) is 2.12. The first-order valence-electron chi connectivity index (χ1n) is 7.11. The minimum Gasteiger partial charge on any atom is -0.459 e. The molecule has 0 aliphatic rings. The molecule has 0 fully saturated rings. The molecule has 19 heavy (non-hydrogen) atoms. The van der Waals surface area contributed by atoms with Crippen molar-refractivity contribution in [1.29, 1.82) is 0 Å². The van der Waals surface area contributed by atoms with Crippen molar-refractivity contribution in [2.75, 3.05) is 19.8 Å². The van der Waals surface area contributed by atoms with Gasteiger partial charge in [-0.2, -0.15) is 0 Å². The van der Waals surface area contributed by atoms with Crippen LogP contribution >= 0.6 is 0 Å². The number of para-hydroxylation sites is 1. The summed E-state index contributed by atoms with van der Waals surface area (Å²) in [5.41, 5.74) is 0.956. The van der Waals surface area contributed by atoms with Crippen molar-refractivity contribution in [2.45, 2.75) is 32.7 Å². The highest BCUT2D eigenvalue weighted by molar-refractivity contribution is 5.77. The number of hydrogen-bond acceptors (Lipinski definition) is 3. The Morgan fingerprint density at radius 2 is 2.11 bits per heavy atom. The smallest absolute Gasteiger partial charge is 0.134 e. The zero-order valence-corrected chi connectivity index (χ0v) is 11.8. The van der Waals surface area contributed by atoms with Crippen LogP contribution in [-0.2, 0) is 4.74 Å². The van der Waals surface area contributed by atoms with E-state index in [2.05, 4.69) is 31.3 Å². The maximum Gasteiger partial charge on any atom is 0.134 e. The van der Waals surface area contributed by atoms with Crippen molar-refractivity contribution >= 4 is 11.0 Å². The Bertz CT molecular complexity index is 459. The molecule has 1 N–H and O–H groups in total. The van der Waals surface area contributed by atoms with Crippen LogP contribution in [0.1, 0.15) is 38.5 Å². The molecule has 1 aromatic carbocycles. The highest BCUT2D eigenvalue weighted by Crippen LogP contribution is 2.23. The van der Waals surface area contributed by atoms with Gasteiger partial charge in [0.1, 0.15) is 11.3 Å². The van der Waals surface area contributed by atoms with Gasteiger partial charge in [-0.05, 0) is 38.4 Å². The second-order valence-electron chi connectivity index (χ2n) is 4.83. The van der Waals surface area contributed by atoms with E-state index in [1.165, 1.54) is 0 Å². The molecule has 104 valence electrons. The van der Waals surface area contributed by atoms with Crippen molar-refractivity contribution in [3.8, 4) is 0 Å². The van der Waals surface area contributed by atoms with Gasteiger partial charge in [-0.25, -0.2) is 0 Å². The first-order chi connectivity index (χ1) is 9.31. The van der Waals surface area contributed by atoms with E-state index >= 15 is 0 Å². The Kier molecular flexibility index (Phi) is 5.43. The van der Waals surface area contributed by atoms with Gasteiger partial charge in [0.15, 0.2) is 0 Å². The first kappa shape index (κ1) is 14.1. The van der Waals surface area contributed by atoms with Gasteiger partial charge in [-0.1, -0.05) is 25.1 Å². The molecule has 0 saturated carbocycles. The van der Waals surface area contributed by atoms with E-state index in [0.717, 1.165) is 49.3 Å². The van der Waals surface area contributed by atoms with Gasteiger partial charge in [-0.3, -0.25) is 0 Å². The second-order valence-corrected chi connectivity index (χ2v) is 4.83. The summed E-state index contributed by atoms with van der Waals surface area (Å²) in [5, 5.41) is 4.63. The largest absolute Gasteiger partial charge is 0.459 e. The molecule has 0 spiro atoms. The Hall–Kier alpha value is -1.32. The summed E-state index contributed by atoms with van der Waals surface area (Å²) >= 11 is 0. The maximum atomic E-state index is 5.83. The summed E-state index contributed by atoms with van der Waals surface area (Å²) in [7, 11) is 0. The third-order valence-corrected chi connectivity index (χ3v) is 3.14. The lowest BCUT2D eigenvalue weighted by atomic mass is 10.2. The van der Waals surface area contributed by atoms with Crippen LogP contribution < -0.4 is 5.32 Å². The number of nitrogens with one attached hydrogen (secondary N) is 1. The predicted octanol–water partition coefficient (Wildman–Crippen LogP) is 3.90. The van der Waals surface area contributed by atoms with Gasteiger partial charge < -0.3 is 14.5 Å². The molecular formula is C16H23NO2. The van der Waals surface area contributed by atoms with Crippen LogP contribution in [0.5, 0.6) is 0 Å². The lowest BCUT2D eigenvalue weighted by molar-refractivity contribution is 0.131. The van der Waals surface area contributed by atoms with Crippen molar-refractivity contribution in [1.82, 2.24) is 5.32 Å². The maximum absolute atomic E-state index is 5.83. The molecule has 0 aliphatic heterocycles. The summed E-state index contributed by atoms with van der Waals surface area (Å²) in [4.78, 5) is 0. The molecule has 0 bridgehead atoms. The molecule has 1 aromatic heterocycles. The van der Waals surface area contributed by atoms with Crippen LogP contribution in [0, 0.1) is 0 Å². The van der Waals surface area contributed by atoms with E-state index < -0.39 is 0 Å². The molecule has 0 amide bonds. The average molecular weight is 261 g/mol. The molecule has 1 heterocycles. The van der Waals surface area contributed by atoms with E-state index in [-0.39, 0.29) is 6.04 Å². The predicted molar refractivity (Wildman–Crippen MR) is 78.4 cm³/mol. The van der Waals surface area contributed by atoms with Gasteiger partial charge in [0, 0.05) is 18.6 Å². The zero-order chi connectivity index (χ0) is 13.5. The average Bonchev–Trinajstić information content (AvgIpc) is 2.86. The lowest BCUT2D eigenvalue weighted by Gasteiger charge is -2.11. The highest BCUT2D eigenvalue weighted by atomic mass is 16.5. The highest BCUT2D eigenvalue weighted by Gasteiger charge is 2.10. The standard InChI is InChI=1S/C16H23NO2/c1-3-10-18-11-6-9-17-13(2)16-12-14-7-4-5-8-15(14)19-16/h4-5,7-8,12-13,17H,3,6,9-11H2,1-2H3. The molecule has 0 radical (unpaired) electrons. The summed E-state index contributed by atoms with van der Waals surface area (Å²) < 4.78 is 11.3. The van der Waals surface area contributed by atoms with E-state index in [9.17, 15) is 0 Å². The number of benzene rings is 1. The first-order valence-corrected chi connectivity index (χ1v) is 7.11. The number of ether oxygens (including phenoxy) is 1. The molecule has 1 atom stereocenters. The normalized spacial score (nSPS) is 12.9. The van der Waals surface area contributed by atoms with Gasteiger partial charge in [0.2, 0.25) is 0 Å². The van der Waals surface area contributed by atoms with Crippen LogP contribution in [0.15, 0.2) is 34.7 Å². The molecule has 1 unspecified atom stereocenters. The fraction of sp³-hybridized carbons (Fsp3) is 0.500. The monoisotopic (exact) mass is 261 g/mol. The minimum atomic E-state index is 0.235. The Morgan fingerprint density at radius 3 is 2.89 bits per heavy atom. The molecule has 3 heteroatoms. The van der Waals surface area contributed by atoms with Crippen LogP contribution in [0.25, 0.3) is 11.0 Å². The summed E-state index contributed by atoms with van der Waals surface area (Å²) in [6, 6.07) is 10.5. The van der Waals surface area contributed by atoms with Gasteiger partial charge in [0.05, 0.1) is 6.04 Å². The molecule has 0 aliphatic carbocycles. The molecular weight excluding hydrogens is 238 g/mol. The third-order valence-electron chi connectivity index (χ3n) is 3.14. The summed E-state index contributed by atoms with van der Waals surface area (Å²) in [6.45, 7) is 6.89. The fourth-order valence-electron chi connectivity index (χ4n) is 2.06. The van der Waals surface area contributed by atoms with Crippen molar-refractivity contribution in [3.63, 3.8) is 0 Å². The number of hydrogen-bond donors (Lipinski definition) is 1. The molecule has 3 nitrogen and oxygen atoms in total. The Morgan fingerprint density at radius 1 is 1.26 bits per heavy atom. The Labute approximate surface area is 114 Å². The van der Waals surface area contributed by atoms with Gasteiger partial charge >= 0.3 is 0 Å². The van der Waals surface area contributed by atoms with E-state index in [4.69, 9.17) is 9.15 Å². The number of furan rings is 1. The quantitative estimate of drug-likeness (QED) is 0.732. The van der Waals surface area contributed by atoms with E-state index in [1.54, 1.807) is 0 Å². The van der Waals surface area contributed by atoms with Crippen LogP contribution in [0.2, 0.25) is 0 Å². The lowest BCUT2D eigenvalue weighted by Crippen LogP contribution is -2.20. The SMILES string of the molecule is CCCOCCCNC(C)c1cc2ccccc2o1. The van der Waals surface area contributed by atoms with E-state index in [0.29, 0.717) is 0 Å². The fourth-order valence-corrected chi connectivity index (χ4v) is 2.06. The van der Waals surface area contributed by atoms with Crippen molar-refractivity contribution < 1.29 is 9.15 Å². The summed E-state index contributed by atoms with van der Waals surface area (Å²) in [5.74, 6) is 0.996. The van der Waals surface area contributed by atoms with Crippen molar-refractivity contribution in [2.24, 2.45) is 0 Å². The van der Waals surface area contributed by atoms with Crippen LogP contribution in [-0.4, -0.2) is 19.8 Å². The molecule has 0 saturated heterocycles. The van der Waals surface area contributed by atoms with E-state index in [1.807, 2.05) is 18.2 Å².